The number of rotatable bonds is 11. The van der Waals surface area contributed by atoms with Crippen LogP contribution in [-0.4, -0.2) is 43.8 Å². The first-order chi connectivity index (χ1) is 18.0. The van der Waals surface area contributed by atoms with Gasteiger partial charge in [-0.25, -0.2) is 12.8 Å². The highest BCUT2D eigenvalue weighted by Crippen LogP contribution is 2.25. The molecular weight excluding hydrogens is 529 g/mol. The van der Waals surface area contributed by atoms with E-state index in [-0.39, 0.29) is 29.1 Å². The number of hydrogen-bond donors (Lipinski definition) is 1. The van der Waals surface area contributed by atoms with Gasteiger partial charge in [0.15, 0.2) is 0 Å². The number of halogens is 2. The average Bonchev–Trinajstić information content (AvgIpc) is 2.90. The predicted molar refractivity (Wildman–Crippen MR) is 147 cm³/mol. The number of sulfonamides is 1. The van der Waals surface area contributed by atoms with Crippen molar-refractivity contribution in [2.24, 2.45) is 0 Å². The summed E-state index contributed by atoms with van der Waals surface area (Å²) in [5.41, 5.74) is 0.788. The van der Waals surface area contributed by atoms with Crippen molar-refractivity contribution in [1.82, 2.24) is 10.2 Å². The number of amides is 2. The normalized spacial score (nSPS) is 12.9. The quantitative estimate of drug-likeness (QED) is 0.358. The molecule has 38 heavy (non-hydrogen) atoms. The molecule has 2 atom stereocenters. The van der Waals surface area contributed by atoms with Crippen molar-refractivity contribution in [3.63, 3.8) is 0 Å². The summed E-state index contributed by atoms with van der Waals surface area (Å²) in [5, 5.41) is 3.34. The summed E-state index contributed by atoms with van der Waals surface area (Å²) in [6.07, 6.45) is 0.703. The molecule has 0 aliphatic rings. The molecule has 0 radical (unpaired) electrons. The topological polar surface area (TPSA) is 86.8 Å². The van der Waals surface area contributed by atoms with E-state index in [9.17, 15) is 22.4 Å². The largest absolute Gasteiger partial charge is 0.352 e. The molecule has 0 bridgehead atoms. The molecule has 2 amide bonds. The maximum atomic E-state index is 13.8. The van der Waals surface area contributed by atoms with Crippen molar-refractivity contribution in [1.29, 1.82) is 0 Å². The molecule has 202 valence electrons. The van der Waals surface area contributed by atoms with E-state index in [2.05, 4.69) is 5.32 Å². The van der Waals surface area contributed by atoms with E-state index < -0.39 is 34.3 Å². The van der Waals surface area contributed by atoms with Crippen molar-refractivity contribution in [3.05, 3.63) is 95.3 Å². The number of nitrogens with one attached hydrogen (secondary N) is 1. The molecule has 0 saturated carbocycles. The van der Waals surface area contributed by atoms with Gasteiger partial charge in [-0.2, -0.15) is 0 Å². The van der Waals surface area contributed by atoms with Gasteiger partial charge in [0.05, 0.1) is 10.6 Å². The molecule has 0 fully saturated rings. The fourth-order valence-electron chi connectivity index (χ4n) is 3.74. The highest BCUT2D eigenvalue weighted by Gasteiger charge is 2.32. The summed E-state index contributed by atoms with van der Waals surface area (Å²) in [6.45, 7) is 4.80. The van der Waals surface area contributed by atoms with Crippen LogP contribution in [0.1, 0.15) is 32.8 Å². The monoisotopic (exact) mass is 559 g/mol. The first-order valence-electron chi connectivity index (χ1n) is 12.2. The zero-order valence-corrected chi connectivity index (χ0v) is 23.0. The van der Waals surface area contributed by atoms with Crippen molar-refractivity contribution in [2.75, 3.05) is 10.8 Å². The Kier molecular flexibility index (Phi) is 9.88. The summed E-state index contributed by atoms with van der Waals surface area (Å²) in [4.78, 5) is 28.1. The van der Waals surface area contributed by atoms with Crippen molar-refractivity contribution in [2.45, 2.75) is 50.7 Å². The van der Waals surface area contributed by atoms with Crippen LogP contribution in [-0.2, 0) is 26.2 Å². The summed E-state index contributed by atoms with van der Waals surface area (Å²) in [6, 6.07) is 18.4. The molecule has 0 spiro atoms. The minimum absolute atomic E-state index is 0.0249. The van der Waals surface area contributed by atoms with Gasteiger partial charge in [-0.1, -0.05) is 48.9 Å². The summed E-state index contributed by atoms with van der Waals surface area (Å²) >= 11 is 6.14. The maximum Gasteiger partial charge on any atom is 0.264 e. The molecule has 2 unspecified atom stereocenters. The molecule has 3 aromatic carbocycles. The standard InChI is InChI=1S/C28H31ClFN3O4S/c1-4-20(2)31-28(35)21(3)32(18-22-9-8-10-23(29)17-22)27(34)19-33(25-15-13-24(30)14-16-25)38(36,37)26-11-6-5-7-12-26/h5-17,20-21H,4,18-19H2,1-3H3,(H,31,35). The Hall–Kier alpha value is -3.43. The smallest absolute Gasteiger partial charge is 0.264 e. The summed E-state index contributed by atoms with van der Waals surface area (Å²) in [7, 11) is -4.20. The first-order valence-corrected chi connectivity index (χ1v) is 14.0. The third-order valence-electron chi connectivity index (χ3n) is 6.13. The third-order valence-corrected chi connectivity index (χ3v) is 8.16. The fraction of sp³-hybridized carbons (Fsp3) is 0.286. The SMILES string of the molecule is CCC(C)NC(=O)C(C)N(Cc1cccc(Cl)c1)C(=O)CN(c1ccc(F)cc1)S(=O)(=O)c1ccccc1. The lowest BCUT2D eigenvalue weighted by Crippen LogP contribution is -2.52. The first kappa shape index (κ1) is 29.1. The van der Waals surface area contributed by atoms with Gasteiger partial charge in [-0.05, 0) is 74.4 Å². The maximum absolute atomic E-state index is 13.8. The Morgan fingerprint density at radius 1 is 0.974 bits per heavy atom. The molecule has 0 heterocycles. The van der Waals surface area contributed by atoms with Gasteiger partial charge in [0, 0.05) is 17.6 Å². The van der Waals surface area contributed by atoms with Crippen LogP contribution in [0, 0.1) is 5.82 Å². The minimum Gasteiger partial charge on any atom is -0.352 e. The second-order valence-corrected chi connectivity index (χ2v) is 11.2. The highest BCUT2D eigenvalue weighted by atomic mass is 35.5. The summed E-state index contributed by atoms with van der Waals surface area (Å²) < 4.78 is 41.9. The van der Waals surface area contributed by atoms with Crippen molar-refractivity contribution in [3.8, 4) is 0 Å². The van der Waals surface area contributed by atoms with Crippen LogP contribution in [0.3, 0.4) is 0 Å². The Morgan fingerprint density at radius 2 is 1.63 bits per heavy atom. The Morgan fingerprint density at radius 3 is 2.24 bits per heavy atom. The number of nitrogens with zero attached hydrogens (tertiary/aromatic N) is 2. The van der Waals surface area contributed by atoms with E-state index in [0.29, 0.717) is 17.0 Å². The van der Waals surface area contributed by atoms with E-state index in [0.717, 1.165) is 16.4 Å². The molecule has 1 N–H and O–H groups in total. The van der Waals surface area contributed by atoms with Gasteiger partial charge in [0.25, 0.3) is 10.0 Å². The fourth-order valence-corrected chi connectivity index (χ4v) is 5.38. The van der Waals surface area contributed by atoms with Crippen LogP contribution in [0.2, 0.25) is 5.02 Å². The highest BCUT2D eigenvalue weighted by molar-refractivity contribution is 7.92. The van der Waals surface area contributed by atoms with Crippen molar-refractivity contribution >= 4 is 39.1 Å². The molecule has 0 saturated heterocycles. The molecule has 7 nitrogen and oxygen atoms in total. The minimum atomic E-state index is -4.20. The van der Waals surface area contributed by atoms with E-state index >= 15 is 0 Å². The number of hydrogen-bond acceptors (Lipinski definition) is 4. The lowest BCUT2D eigenvalue weighted by atomic mass is 10.1. The molecular formula is C28H31ClFN3O4S. The summed E-state index contributed by atoms with van der Waals surface area (Å²) in [5.74, 6) is -1.52. The number of anilines is 1. The van der Waals surface area contributed by atoms with E-state index in [1.54, 1.807) is 49.4 Å². The molecule has 0 aromatic heterocycles. The van der Waals surface area contributed by atoms with Gasteiger partial charge in [-0.3, -0.25) is 13.9 Å². The zero-order chi connectivity index (χ0) is 27.9. The Balaban J connectivity index is 2.01. The number of benzene rings is 3. The average molecular weight is 560 g/mol. The van der Waals surface area contributed by atoms with Gasteiger partial charge in [-0.15, -0.1) is 0 Å². The van der Waals surface area contributed by atoms with Crippen LogP contribution in [0.15, 0.2) is 83.8 Å². The second-order valence-electron chi connectivity index (χ2n) is 8.95. The van der Waals surface area contributed by atoms with Crippen LogP contribution in [0.5, 0.6) is 0 Å². The molecule has 3 aromatic rings. The van der Waals surface area contributed by atoms with Crippen molar-refractivity contribution < 1.29 is 22.4 Å². The Bertz CT molecular complexity index is 1350. The zero-order valence-electron chi connectivity index (χ0n) is 21.5. The molecule has 10 heteroatoms. The number of carbonyl (C=O) groups excluding carboxylic acids is 2. The van der Waals surface area contributed by atoms with E-state index in [1.807, 2.05) is 13.8 Å². The second kappa shape index (κ2) is 12.9. The molecule has 3 rings (SSSR count). The van der Waals surface area contributed by atoms with Gasteiger partial charge >= 0.3 is 0 Å². The molecule has 0 aliphatic carbocycles. The van der Waals surface area contributed by atoms with Gasteiger partial charge in [0.1, 0.15) is 18.4 Å². The van der Waals surface area contributed by atoms with E-state index in [4.69, 9.17) is 11.6 Å². The Labute approximate surface area is 228 Å². The van der Waals surface area contributed by atoms with Crippen LogP contribution < -0.4 is 9.62 Å². The lowest BCUT2D eigenvalue weighted by Gasteiger charge is -2.32. The van der Waals surface area contributed by atoms with Crippen LogP contribution >= 0.6 is 11.6 Å². The lowest BCUT2D eigenvalue weighted by molar-refractivity contribution is -0.139. The van der Waals surface area contributed by atoms with Crippen LogP contribution in [0.25, 0.3) is 0 Å². The third kappa shape index (κ3) is 7.33. The molecule has 0 aliphatic heterocycles. The van der Waals surface area contributed by atoms with Gasteiger partial charge in [0.2, 0.25) is 11.8 Å². The number of carbonyl (C=O) groups is 2. The van der Waals surface area contributed by atoms with Crippen LogP contribution in [0.4, 0.5) is 10.1 Å². The van der Waals surface area contributed by atoms with E-state index in [1.165, 1.54) is 29.2 Å². The van der Waals surface area contributed by atoms with Gasteiger partial charge < -0.3 is 10.2 Å². The predicted octanol–water partition coefficient (Wildman–Crippen LogP) is 5.01.